The Bertz CT molecular complexity index is 1530. The molecule has 0 aliphatic rings. The molecule has 2 rings (SSSR count). The molecule has 0 saturated heterocycles. The quantitative estimate of drug-likeness (QED) is 0.0818. The SMILES string of the molecule is CC(C)c1nc(N(C)S(C)(=O)=O)nc(-c2ccc(F)cc2)c1/C=C/[C@@H](O)CC(O)CC(=O)OCCC(COCCO[N+](=O)[O-])O[N+](=O)[O-]. The average Bonchev–Trinajstić information content (AvgIpc) is 2.98. The van der Waals surface area contributed by atoms with Gasteiger partial charge in [-0.3, -0.25) is 4.79 Å². The highest BCUT2D eigenvalue weighted by Gasteiger charge is 2.23. The Balaban J connectivity index is 2.09. The van der Waals surface area contributed by atoms with Crippen molar-refractivity contribution in [3.05, 3.63) is 67.6 Å². The number of benzene rings is 1. The Kier molecular flexibility index (Phi) is 15.5. The fourth-order valence-corrected chi connectivity index (χ4v) is 4.45. The zero-order valence-electron chi connectivity index (χ0n) is 26.6. The minimum absolute atomic E-state index is 0.113. The summed E-state index contributed by atoms with van der Waals surface area (Å²) in [4.78, 5) is 50.4. The first-order chi connectivity index (χ1) is 22.5. The first-order valence-electron chi connectivity index (χ1n) is 14.5. The van der Waals surface area contributed by atoms with Gasteiger partial charge in [0.15, 0.2) is 0 Å². The fourth-order valence-electron chi connectivity index (χ4n) is 4.07. The van der Waals surface area contributed by atoms with Crippen molar-refractivity contribution in [2.24, 2.45) is 0 Å². The predicted molar refractivity (Wildman–Crippen MR) is 166 cm³/mol. The number of aliphatic hydroxyl groups excluding tert-OH is 2. The largest absolute Gasteiger partial charge is 0.466 e. The molecule has 1 heterocycles. The number of sulfonamides is 1. The van der Waals surface area contributed by atoms with Crippen LogP contribution in [0.4, 0.5) is 10.3 Å². The zero-order chi connectivity index (χ0) is 36.0. The van der Waals surface area contributed by atoms with E-state index in [1.54, 1.807) is 0 Å². The van der Waals surface area contributed by atoms with Gasteiger partial charge in [0.2, 0.25) is 16.0 Å². The summed E-state index contributed by atoms with van der Waals surface area (Å²) in [5, 5.41) is 39.8. The van der Waals surface area contributed by atoms with Gasteiger partial charge in [-0.05, 0) is 30.2 Å². The van der Waals surface area contributed by atoms with Gasteiger partial charge in [0.25, 0.3) is 10.2 Å². The molecule has 0 saturated carbocycles. The van der Waals surface area contributed by atoms with Crippen molar-refractivity contribution in [3.63, 3.8) is 0 Å². The van der Waals surface area contributed by atoms with E-state index in [1.807, 2.05) is 13.8 Å². The van der Waals surface area contributed by atoms with E-state index >= 15 is 0 Å². The molecular formula is C28H38FN5O13S. The Hall–Kier alpha value is -4.53. The highest BCUT2D eigenvalue weighted by molar-refractivity contribution is 7.92. The van der Waals surface area contributed by atoms with Gasteiger partial charge < -0.3 is 29.4 Å². The van der Waals surface area contributed by atoms with E-state index in [2.05, 4.69) is 19.6 Å². The molecule has 1 aromatic heterocycles. The van der Waals surface area contributed by atoms with Gasteiger partial charge in [0.05, 0.1) is 56.1 Å². The van der Waals surface area contributed by atoms with E-state index in [4.69, 9.17) is 9.47 Å². The Morgan fingerprint density at radius 2 is 1.75 bits per heavy atom. The monoisotopic (exact) mass is 703 g/mol. The summed E-state index contributed by atoms with van der Waals surface area (Å²) in [5.74, 6) is -1.72. The van der Waals surface area contributed by atoms with E-state index in [0.29, 0.717) is 16.8 Å². The Morgan fingerprint density at radius 3 is 2.33 bits per heavy atom. The molecule has 266 valence electrons. The normalized spacial score (nSPS) is 13.6. The first-order valence-corrected chi connectivity index (χ1v) is 16.3. The number of hydrogen-bond donors (Lipinski definition) is 2. The number of anilines is 1. The van der Waals surface area contributed by atoms with Gasteiger partial charge in [0.1, 0.15) is 18.5 Å². The minimum atomic E-state index is -3.73. The lowest BCUT2D eigenvalue weighted by atomic mass is 9.97. The lowest BCUT2D eigenvalue weighted by Crippen LogP contribution is -2.27. The third-order valence-electron chi connectivity index (χ3n) is 6.47. The number of carbonyl (C=O) groups is 1. The number of aromatic nitrogens is 2. The molecule has 0 amide bonds. The predicted octanol–water partition coefficient (Wildman–Crippen LogP) is 2.05. The van der Waals surface area contributed by atoms with Gasteiger partial charge in [-0.25, -0.2) is 27.1 Å². The number of esters is 1. The molecule has 0 bridgehead atoms. The Morgan fingerprint density at radius 1 is 1.08 bits per heavy atom. The molecule has 0 spiro atoms. The van der Waals surface area contributed by atoms with E-state index in [9.17, 15) is 48.0 Å². The summed E-state index contributed by atoms with van der Waals surface area (Å²) in [6.07, 6.45) is -0.935. The smallest absolute Gasteiger partial charge is 0.308 e. The van der Waals surface area contributed by atoms with Crippen molar-refractivity contribution in [2.45, 2.75) is 57.3 Å². The molecule has 48 heavy (non-hydrogen) atoms. The third kappa shape index (κ3) is 13.7. The minimum Gasteiger partial charge on any atom is -0.466 e. The van der Waals surface area contributed by atoms with Crippen LogP contribution in [0.5, 0.6) is 0 Å². The molecule has 2 N–H and O–H groups in total. The van der Waals surface area contributed by atoms with Gasteiger partial charge >= 0.3 is 5.97 Å². The molecule has 2 aromatic rings. The van der Waals surface area contributed by atoms with Crippen LogP contribution in [0.1, 0.15) is 50.3 Å². The van der Waals surface area contributed by atoms with Gasteiger partial charge in [-0.2, -0.15) is 0 Å². The van der Waals surface area contributed by atoms with E-state index in [1.165, 1.54) is 43.5 Å². The lowest BCUT2D eigenvalue weighted by Gasteiger charge is -2.20. The average molecular weight is 704 g/mol. The maximum Gasteiger partial charge on any atom is 0.308 e. The van der Waals surface area contributed by atoms with E-state index < -0.39 is 63.3 Å². The number of hydrogen-bond acceptors (Lipinski definition) is 15. The number of rotatable bonds is 21. The first kappa shape index (κ1) is 39.6. The molecule has 0 aliphatic heterocycles. The summed E-state index contributed by atoms with van der Waals surface area (Å²) in [7, 11) is -2.43. The van der Waals surface area contributed by atoms with E-state index in [0.717, 1.165) is 10.6 Å². The number of aliphatic hydroxyl groups is 2. The van der Waals surface area contributed by atoms with Crippen molar-refractivity contribution < 1.29 is 57.1 Å². The summed E-state index contributed by atoms with van der Waals surface area (Å²) in [6.45, 7) is 2.31. The van der Waals surface area contributed by atoms with Gasteiger partial charge in [-0.1, -0.05) is 26.0 Å². The van der Waals surface area contributed by atoms with E-state index in [-0.39, 0.29) is 50.2 Å². The van der Waals surface area contributed by atoms with Crippen molar-refractivity contribution >= 4 is 28.0 Å². The molecule has 20 heteroatoms. The fraction of sp³-hybridized carbons (Fsp3) is 0.536. The molecule has 0 fully saturated rings. The van der Waals surface area contributed by atoms with Crippen molar-refractivity contribution in [1.82, 2.24) is 9.97 Å². The molecule has 18 nitrogen and oxygen atoms in total. The van der Waals surface area contributed by atoms with Crippen LogP contribution >= 0.6 is 0 Å². The molecule has 1 aromatic carbocycles. The van der Waals surface area contributed by atoms with Crippen LogP contribution in [0.3, 0.4) is 0 Å². The molecule has 0 aliphatic carbocycles. The molecule has 3 atom stereocenters. The van der Waals surface area contributed by atoms with Crippen molar-refractivity contribution in [1.29, 1.82) is 0 Å². The summed E-state index contributed by atoms with van der Waals surface area (Å²) >= 11 is 0. The standard InChI is InChI=1S/C28H38FN5O13S/c1-18(2)26-24(27(19-5-7-20(29)8-6-19)31-28(30-26)32(3)48(4,42)43)10-9-21(35)15-22(36)16-25(37)45-12-11-23(47-34(40)41)17-44-13-14-46-33(38)39/h5-10,18,21-23,35-36H,11-17H2,1-4H3/b10-9+/t21-,22?,23?/m1/s1. The maximum atomic E-state index is 13.7. The molecule has 2 unspecified atom stereocenters. The van der Waals surface area contributed by atoms with Crippen LogP contribution in [0.25, 0.3) is 17.3 Å². The van der Waals surface area contributed by atoms with Crippen LogP contribution in [-0.2, 0) is 34.0 Å². The molecular weight excluding hydrogens is 665 g/mol. The lowest BCUT2D eigenvalue weighted by molar-refractivity contribution is -0.769. The van der Waals surface area contributed by atoms with Crippen molar-refractivity contribution in [2.75, 3.05) is 44.0 Å². The highest BCUT2D eigenvalue weighted by Crippen LogP contribution is 2.31. The maximum absolute atomic E-state index is 13.7. The van der Waals surface area contributed by atoms with Crippen molar-refractivity contribution in [3.8, 4) is 11.3 Å². The number of nitrogens with zero attached hydrogens (tertiary/aromatic N) is 5. The highest BCUT2D eigenvalue weighted by atomic mass is 32.2. The number of carbonyl (C=O) groups excluding carboxylic acids is 1. The topological polar surface area (TPSA) is 244 Å². The second kappa shape index (κ2) is 18.7. The summed E-state index contributed by atoms with van der Waals surface area (Å²) < 4.78 is 49.1. The third-order valence-corrected chi connectivity index (χ3v) is 7.63. The van der Waals surface area contributed by atoms with Gasteiger partial charge in [0, 0.05) is 31.0 Å². The second-order valence-electron chi connectivity index (χ2n) is 10.7. The summed E-state index contributed by atoms with van der Waals surface area (Å²) in [6, 6.07) is 5.35. The number of ether oxygens (including phenoxy) is 2. The van der Waals surface area contributed by atoms with Crippen LogP contribution in [0.15, 0.2) is 30.3 Å². The van der Waals surface area contributed by atoms with Crippen LogP contribution < -0.4 is 4.31 Å². The molecule has 0 radical (unpaired) electrons. The zero-order valence-corrected chi connectivity index (χ0v) is 27.4. The van der Waals surface area contributed by atoms with Gasteiger partial charge in [-0.15, -0.1) is 20.2 Å². The summed E-state index contributed by atoms with van der Waals surface area (Å²) in [5.41, 5.74) is 1.55. The van der Waals surface area contributed by atoms with Crippen LogP contribution in [0, 0.1) is 26.0 Å². The second-order valence-corrected chi connectivity index (χ2v) is 12.7. The van der Waals surface area contributed by atoms with Crippen LogP contribution in [0.2, 0.25) is 0 Å². The Labute approximate surface area is 275 Å². The number of halogens is 1. The van der Waals surface area contributed by atoms with Crippen LogP contribution in [-0.4, -0.2) is 103 Å².